The molecule has 0 saturated heterocycles. The van der Waals surface area contributed by atoms with Crippen LogP contribution in [0.15, 0.2) is 24.3 Å². The number of hydrogen-bond donors (Lipinski definition) is 0. The molecule has 1 aromatic carbocycles. The Morgan fingerprint density at radius 1 is 1.22 bits per heavy atom. The average molecular weight is 245 g/mol. The number of amides is 1. The number of carbonyl (C=O) groups excluding carboxylic acids is 1. The molecule has 0 bridgehead atoms. The first-order valence-corrected chi connectivity index (χ1v) is 6.98. The van der Waals surface area contributed by atoms with E-state index in [1.807, 2.05) is 24.1 Å². The molecule has 1 aliphatic carbocycles. The van der Waals surface area contributed by atoms with Crippen molar-refractivity contribution in [2.24, 2.45) is 5.92 Å². The van der Waals surface area contributed by atoms with Crippen LogP contribution < -0.4 is 0 Å². The SMILES string of the molecule is Cc1ccccc1CN(C)C(=O)C1CCCCC1. The van der Waals surface area contributed by atoms with Crippen molar-refractivity contribution in [2.75, 3.05) is 7.05 Å². The van der Waals surface area contributed by atoms with Gasteiger partial charge in [0, 0.05) is 19.5 Å². The van der Waals surface area contributed by atoms with Crippen molar-refractivity contribution in [1.82, 2.24) is 4.90 Å². The van der Waals surface area contributed by atoms with Crippen molar-refractivity contribution in [1.29, 1.82) is 0 Å². The topological polar surface area (TPSA) is 20.3 Å². The van der Waals surface area contributed by atoms with Gasteiger partial charge in [-0.3, -0.25) is 4.79 Å². The molecule has 0 unspecified atom stereocenters. The summed E-state index contributed by atoms with van der Waals surface area (Å²) in [5.41, 5.74) is 2.52. The molecule has 0 radical (unpaired) electrons. The summed E-state index contributed by atoms with van der Waals surface area (Å²) in [6.45, 7) is 2.84. The molecule has 98 valence electrons. The van der Waals surface area contributed by atoms with Gasteiger partial charge in [-0.1, -0.05) is 43.5 Å². The molecule has 1 aromatic rings. The number of benzene rings is 1. The fraction of sp³-hybridized carbons (Fsp3) is 0.562. The maximum atomic E-state index is 12.3. The van der Waals surface area contributed by atoms with E-state index in [4.69, 9.17) is 0 Å². The summed E-state index contributed by atoms with van der Waals surface area (Å²) >= 11 is 0. The fourth-order valence-corrected chi connectivity index (χ4v) is 2.78. The molecular formula is C16H23NO. The van der Waals surface area contributed by atoms with Crippen LogP contribution in [0.5, 0.6) is 0 Å². The van der Waals surface area contributed by atoms with E-state index < -0.39 is 0 Å². The van der Waals surface area contributed by atoms with Crippen molar-refractivity contribution in [3.8, 4) is 0 Å². The summed E-state index contributed by atoms with van der Waals surface area (Å²) in [7, 11) is 1.93. The highest BCUT2D eigenvalue weighted by molar-refractivity contribution is 5.78. The summed E-state index contributed by atoms with van der Waals surface area (Å²) in [6.07, 6.45) is 5.89. The van der Waals surface area contributed by atoms with Crippen LogP contribution >= 0.6 is 0 Å². The maximum absolute atomic E-state index is 12.3. The van der Waals surface area contributed by atoms with E-state index in [-0.39, 0.29) is 5.92 Å². The Kier molecular flexibility index (Phi) is 4.40. The second kappa shape index (κ2) is 6.03. The summed E-state index contributed by atoms with van der Waals surface area (Å²) in [5.74, 6) is 0.603. The first-order valence-electron chi connectivity index (χ1n) is 6.98. The van der Waals surface area contributed by atoms with Crippen LogP contribution in [-0.2, 0) is 11.3 Å². The Hall–Kier alpha value is -1.31. The van der Waals surface area contributed by atoms with Crippen LogP contribution in [0, 0.1) is 12.8 Å². The Morgan fingerprint density at radius 2 is 1.89 bits per heavy atom. The molecule has 2 heteroatoms. The minimum absolute atomic E-state index is 0.271. The summed E-state index contributed by atoms with van der Waals surface area (Å²) < 4.78 is 0. The molecule has 0 aliphatic heterocycles. The van der Waals surface area contributed by atoms with Crippen LogP contribution in [0.3, 0.4) is 0 Å². The zero-order valence-electron chi connectivity index (χ0n) is 11.5. The molecule has 0 heterocycles. The molecular weight excluding hydrogens is 222 g/mol. The fourth-order valence-electron chi connectivity index (χ4n) is 2.78. The Bertz CT molecular complexity index is 407. The van der Waals surface area contributed by atoms with Gasteiger partial charge in [-0.15, -0.1) is 0 Å². The normalized spacial score (nSPS) is 16.6. The van der Waals surface area contributed by atoms with Gasteiger partial charge in [-0.05, 0) is 30.9 Å². The lowest BCUT2D eigenvalue weighted by Gasteiger charge is -2.26. The van der Waals surface area contributed by atoms with E-state index in [9.17, 15) is 4.79 Å². The molecule has 0 aromatic heterocycles. The highest BCUT2D eigenvalue weighted by Gasteiger charge is 2.24. The Balaban J connectivity index is 1.96. The average Bonchev–Trinajstić information content (AvgIpc) is 2.41. The molecule has 1 amide bonds. The van der Waals surface area contributed by atoms with Crippen LogP contribution in [0.1, 0.15) is 43.2 Å². The smallest absolute Gasteiger partial charge is 0.225 e. The lowest BCUT2D eigenvalue weighted by molar-refractivity contribution is -0.135. The number of hydrogen-bond acceptors (Lipinski definition) is 1. The minimum atomic E-state index is 0.271. The third-order valence-electron chi connectivity index (χ3n) is 4.00. The van der Waals surface area contributed by atoms with Gasteiger partial charge in [-0.2, -0.15) is 0 Å². The number of rotatable bonds is 3. The Labute approximate surface area is 110 Å². The molecule has 0 N–H and O–H groups in total. The zero-order chi connectivity index (χ0) is 13.0. The van der Waals surface area contributed by atoms with E-state index in [1.54, 1.807) is 0 Å². The van der Waals surface area contributed by atoms with Crippen LogP contribution in [0.4, 0.5) is 0 Å². The van der Waals surface area contributed by atoms with Crippen molar-refractivity contribution < 1.29 is 4.79 Å². The van der Waals surface area contributed by atoms with Gasteiger partial charge in [0.15, 0.2) is 0 Å². The van der Waals surface area contributed by atoms with Gasteiger partial charge < -0.3 is 4.90 Å². The standard InChI is InChI=1S/C16H23NO/c1-13-8-6-7-11-15(13)12-17(2)16(18)14-9-4-3-5-10-14/h6-8,11,14H,3-5,9-10,12H2,1-2H3. The van der Waals surface area contributed by atoms with Crippen molar-refractivity contribution in [3.05, 3.63) is 35.4 Å². The predicted octanol–water partition coefficient (Wildman–Crippen LogP) is 3.53. The van der Waals surface area contributed by atoms with Crippen molar-refractivity contribution >= 4 is 5.91 Å². The first-order chi connectivity index (χ1) is 8.68. The molecule has 0 spiro atoms. The molecule has 1 aliphatic rings. The van der Waals surface area contributed by atoms with Crippen LogP contribution in [0.2, 0.25) is 0 Å². The third-order valence-corrected chi connectivity index (χ3v) is 4.00. The van der Waals surface area contributed by atoms with Gasteiger partial charge in [0.2, 0.25) is 5.91 Å². The number of carbonyl (C=O) groups is 1. The molecule has 0 atom stereocenters. The highest BCUT2D eigenvalue weighted by atomic mass is 16.2. The van der Waals surface area contributed by atoms with Crippen molar-refractivity contribution in [3.63, 3.8) is 0 Å². The molecule has 18 heavy (non-hydrogen) atoms. The summed E-state index contributed by atoms with van der Waals surface area (Å²) in [6, 6.07) is 8.30. The number of nitrogens with zero attached hydrogens (tertiary/aromatic N) is 1. The van der Waals surface area contributed by atoms with Gasteiger partial charge in [0.1, 0.15) is 0 Å². The van der Waals surface area contributed by atoms with Gasteiger partial charge in [0.25, 0.3) is 0 Å². The molecule has 1 fully saturated rings. The van der Waals surface area contributed by atoms with E-state index in [1.165, 1.54) is 30.4 Å². The lowest BCUT2D eigenvalue weighted by Crippen LogP contribution is -2.33. The van der Waals surface area contributed by atoms with Crippen molar-refractivity contribution in [2.45, 2.75) is 45.6 Å². The van der Waals surface area contributed by atoms with Gasteiger partial charge in [0.05, 0.1) is 0 Å². The molecule has 1 saturated carbocycles. The second-order valence-electron chi connectivity index (χ2n) is 5.46. The lowest BCUT2D eigenvalue weighted by atomic mass is 9.88. The molecule has 2 rings (SSSR count). The maximum Gasteiger partial charge on any atom is 0.225 e. The largest absolute Gasteiger partial charge is 0.341 e. The predicted molar refractivity (Wildman–Crippen MR) is 74.2 cm³/mol. The highest BCUT2D eigenvalue weighted by Crippen LogP contribution is 2.25. The first kappa shape index (κ1) is 13.1. The Morgan fingerprint density at radius 3 is 2.56 bits per heavy atom. The summed E-state index contributed by atoms with van der Waals surface area (Å²) in [5, 5.41) is 0. The third kappa shape index (κ3) is 3.12. The monoisotopic (exact) mass is 245 g/mol. The molecule has 2 nitrogen and oxygen atoms in total. The quantitative estimate of drug-likeness (QED) is 0.797. The summed E-state index contributed by atoms with van der Waals surface area (Å²) in [4.78, 5) is 14.2. The van der Waals surface area contributed by atoms with Gasteiger partial charge >= 0.3 is 0 Å². The van der Waals surface area contributed by atoms with E-state index in [0.29, 0.717) is 5.91 Å². The van der Waals surface area contributed by atoms with E-state index >= 15 is 0 Å². The van der Waals surface area contributed by atoms with Crippen LogP contribution in [0.25, 0.3) is 0 Å². The zero-order valence-corrected chi connectivity index (χ0v) is 11.5. The van der Waals surface area contributed by atoms with E-state index in [2.05, 4.69) is 19.1 Å². The van der Waals surface area contributed by atoms with Crippen LogP contribution in [-0.4, -0.2) is 17.9 Å². The minimum Gasteiger partial charge on any atom is -0.341 e. The van der Waals surface area contributed by atoms with Gasteiger partial charge in [-0.25, -0.2) is 0 Å². The van der Waals surface area contributed by atoms with E-state index in [0.717, 1.165) is 19.4 Å². The second-order valence-corrected chi connectivity index (χ2v) is 5.46. The number of aryl methyl sites for hydroxylation is 1.